The Balaban J connectivity index is 3.07. The monoisotopic (exact) mass is 223 g/mol. The Bertz CT molecular complexity index is 169. The van der Waals surface area contributed by atoms with Crippen LogP contribution in [0, 0.1) is 12.3 Å². The molecule has 0 bridgehead atoms. The van der Waals surface area contributed by atoms with E-state index in [0.29, 0.717) is 0 Å². The molecule has 0 aliphatic heterocycles. The molecule has 0 aromatic heterocycles. The summed E-state index contributed by atoms with van der Waals surface area (Å²) >= 11 is 0. The quantitative estimate of drug-likeness (QED) is 0.410. The standard InChI is InChI=1S/C15H29N/c1-4-6-7-8-9-10-11-12-13-14-15(5-2)16-3/h2,15-16H,4,6-14H2,1,3H3. The zero-order chi connectivity index (χ0) is 12.1. The van der Waals surface area contributed by atoms with E-state index in [-0.39, 0.29) is 6.04 Å². The second kappa shape index (κ2) is 12.6. The predicted octanol–water partition coefficient (Wildman–Crippen LogP) is 4.13. The number of hydrogen-bond acceptors (Lipinski definition) is 1. The fourth-order valence-corrected chi connectivity index (χ4v) is 1.97. The van der Waals surface area contributed by atoms with Crippen LogP contribution < -0.4 is 5.32 Å². The molecule has 94 valence electrons. The molecule has 1 atom stereocenters. The third-order valence-corrected chi connectivity index (χ3v) is 3.15. The highest BCUT2D eigenvalue weighted by atomic mass is 14.8. The minimum Gasteiger partial charge on any atom is -0.307 e. The molecule has 1 unspecified atom stereocenters. The van der Waals surface area contributed by atoms with Crippen LogP contribution in [0.2, 0.25) is 0 Å². The average Bonchev–Trinajstić information content (AvgIpc) is 2.32. The summed E-state index contributed by atoms with van der Waals surface area (Å²) in [4.78, 5) is 0. The summed E-state index contributed by atoms with van der Waals surface area (Å²) in [5, 5.41) is 3.14. The van der Waals surface area contributed by atoms with E-state index in [2.05, 4.69) is 18.2 Å². The SMILES string of the molecule is C#CC(CCCCCCCCCCC)NC. The van der Waals surface area contributed by atoms with Gasteiger partial charge in [-0.2, -0.15) is 0 Å². The third-order valence-electron chi connectivity index (χ3n) is 3.15. The van der Waals surface area contributed by atoms with Crippen molar-refractivity contribution in [3.63, 3.8) is 0 Å². The van der Waals surface area contributed by atoms with Crippen molar-refractivity contribution in [2.75, 3.05) is 7.05 Å². The van der Waals surface area contributed by atoms with Gasteiger partial charge in [0.15, 0.2) is 0 Å². The topological polar surface area (TPSA) is 12.0 Å². The molecule has 0 aliphatic carbocycles. The first-order valence-corrected chi connectivity index (χ1v) is 6.98. The van der Waals surface area contributed by atoms with Crippen molar-refractivity contribution in [1.29, 1.82) is 0 Å². The third kappa shape index (κ3) is 10.1. The minimum absolute atomic E-state index is 0.282. The van der Waals surface area contributed by atoms with Gasteiger partial charge in [-0.3, -0.25) is 0 Å². The predicted molar refractivity (Wildman–Crippen MR) is 73.5 cm³/mol. The first-order chi connectivity index (χ1) is 7.85. The molecule has 0 spiro atoms. The van der Waals surface area contributed by atoms with E-state index in [1.807, 2.05) is 7.05 Å². The van der Waals surface area contributed by atoms with Crippen molar-refractivity contribution < 1.29 is 0 Å². The Morgan fingerprint density at radius 1 is 0.938 bits per heavy atom. The second-order valence-electron chi connectivity index (χ2n) is 4.63. The molecule has 0 aromatic rings. The molecule has 1 nitrogen and oxygen atoms in total. The van der Waals surface area contributed by atoms with Gasteiger partial charge in [-0.15, -0.1) is 6.42 Å². The number of nitrogens with one attached hydrogen (secondary N) is 1. The first kappa shape index (κ1) is 15.5. The molecule has 0 fully saturated rings. The molecule has 0 heterocycles. The lowest BCUT2D eigenvalue weighted by molar-refractivity contribution is 0.531. The van der Waals surface area contributed by atoms with E-state index < -0.39 is 0 Å². The highest BCUT2D eigenvalue weighted by Crippen LogP contribution is 2.11. The summed E-state index contributed by atoms with van der Waals surface area (Å²) in [5.41, 5.74) is 0. The lowest BCUT2D eigenvalue weighted by Gasteiger charge is -2.08. The van der Waals surface area contributed by atoms with E-state index in [4.69, 9.17) is 6.42 Å². The lowest BCUT2D eigenvalue weighted by Crippen LogP contribution is -2.22. The van der Waals surface area contributed by atoms with Gasteiger partial charge in [-0.25, -0.2) is 0 Å². The van der Waals surface area contributed by atoms with Gasteiger partial charge in [0.25, 0.3) is 0 Å². The normalized spacial score (nSPS) is 12.3. The van der Waals surface area contributed by atoms with Crippen molar-refractivity contribution in [3.05, 3.63) is 0 Å². The fourth-order valence-electron chi connectivity index (χ4n) is 1.97. The molecule has 0 amide bonds. The Labute approximate surface area is 102 Å². The highest BCUT2D eigenvalue weighted by molar-refractivity contribution is 4.97. The molecule has 0 rings (SSSR count). The van der Waals surface area contributed by atoms with Gasteiger partial charge in [0.05, 0.1) is 6.04 Å². The van der Waals surface area contributed by atoms with Crippen molar-refractivity contribution in [2.45, 2.75) is 77.2 Å². The summed E-state index contributed by atoms with van der Waals surface area (Å²) < 4.78 is 0. The first-order valence-electron chi connectivity index (χ1n) is 6.98. The summed E-state index contributed by atoms with van der Waals surface area (Å²) in [7, 11) is 1.94. The molecule has 16 heavy (non-hydrogen) atoms. The maximum Gasteiger partial charge on any atom is 0.0684 e. The molecular weight excluding hydrogens is 194 g/mol. The zero-order valence-corrected chi connectivity index (χ0v) is 11.2. The van der Waals surface area contributed by atoms with E-state index in [9.17, 15) is 0 Å². The lowest BCUT2D eigenvalue weighted by atomic mass is 10.0. The average molecular weight is 223 g/mol. The Morgan fingerprint density at radius 3 is 1.88 bits per heavy atom. The van der Waals surface area contributed by atoms with Crippen LogP contribution in [0.4, 0.5) is 0 Å². The minimum atomic E-state index is 0.282. The molecule has 0 aromatic carbocycles. The van der Waals surface area contributed by atoms with Crippen LogP contribution in [0.1, 0.15) is 71.1 Å². The van der Waals surface area contributed by atoms with Crippen molar-refractivity contribution in [2.24, 2.45) is 0 Å². The van der Waals surface area contributed by atoms with Crippen molar-refractivity contribution in [1.82, 2.24) is 5.32 Å². The van der Waals surface area contributed by atoms with E-state index in [1.54, 1.807) is 0 Å². The van der Waals surface area contributed by atoms with Gasteiger partial charge in [0.2, 0.25) is 0 Å². The molecule has 1 N–H and O–H groups in total. The zero-order valence-electron chi connectivity index (χ0n) is 11.2. The number of unbranched alkanes of at least 4 members (excludes halogenated alkanes) is 8. The molecule has 0 saturated carbocycles. The van der Waals surface area contributed by atoms with Gasteiger partial charge in [-0.05, 0) is 13.5 Å². The van der Waals surface area contributed by atoms with E-state index in [0.717, 1.165) is 6.42 Å². The summed E-state index contributed by atoms with van der Waals surface area (Å²) in [6, 6.07) is 0.282. The molecule has 0 saturated heterocycles. The largest absolute Gasteiger partial charge is 0.307 e. The Morgan fingerprint density at radius 2 is 1.44 bits per heavy atom. The Kier molecular flexibility index (Phi) is 12.2. The van der Waals surface area contributed by atoms with E-state index >= 15 is 0 Å². The van der Waals surface area contributed by atoms with Crippen molar-refractivity contribution >= 4 is 0 Å². The Hall–Kier alpha value is -0.480. The molecule has 0 aliphatic rings. The van der Waals surface area contributed by atoms with Crippen LogP contribution in [0.3, 0.4) is 0 Å². The van der Waals surface area contributed by atoms with Crippen LogP contribution in [-0.4, -0.2) is 13.1 Å². The van der Waals surface area contributed by atoms with Gasteiger partial charge < -0.3 is 5.32 Å². The molecule has 0 radical (unpaired) electrons. The maximum atomic E-state index is 5.38. The van der Waals surface area contributed by atoms with Gasteiger partial charge in [0.1, 0.15) is 0 Å². The van der Waals surface area contributed by atoms with Gasteiger partial charge in [-0.1, -0.05) is 70.6 Å². The second-order valence-corrected chi connectivity index (χ2v) is 4.63. The van der Waals surface area contributed by atoms with Crippen LogP contribution in [-0.2, 0) is 0 Å². The van der Waals surface area contributed by atoms with Crippen molar-refractivity contribution in [3.8, 4) is 12.3 Å². The molecular formula is C15H29N. The summed E-state index contributed by atoms with van der Waals surface area (Å²) in [6.07, 6.45) is 18.9. The van der Waals surface area contributed by atoms with Crippen LogP contribution in [0.5, 0.6) is 0 Å². The fraction of sp³-hybridized carbons (Fsp3) is 0.867. The smallest absolute Gasteiger partial charge is 0.0684 e. The van der Waals surface area contributed by atoms with Crippen LogP contribution >= 0.6 is 0 Å². The van der Waals surface area contributed by atoms with Gasteiger partial charge >= 0.3 is 0 Å². The van der Waals surface area contributed by atoms with E-state index in [1.165, 1.54) is 57.8 Å². The van der Waals surface area contributed by atoms with Crippen LogP contribution in [0.25, 0.3) is 0 Å². The summed E-state index contributed by atoms with van der Waals surface area (Å²) in [6.45, 7) is 2.27. The van der Waals surface area contributed by atoms with Gasteiger partial charge in [0, 0.05) is 0 Å². The number of hydrogen-bond donors (Lipinski definition) is 1. The highest BCUT2D eigenvalue weighted by Gasteiger charge is 1.99. The maximum absolute atomic E-state index is 5.38. The summed E-state index contributed by atoms with van der Waals surface area (Å²) in [5.74, 6) is 2.77. The molecule has 1 heteroatoms. The number of rotatable bonds is 11. The number of terminal acetylenes is 1. The van der Waals surface area contributed by atoms with Crippen LogP contribution in [0.15, 0.2) is 0 Å².